The number of anilines is 2. The van der Waals surface area contributed by atoms with Crippen molar-refractivity contribution in [3.05, 3.63) is 5.69 Å². The van der Waals surface area contributed by atoms with Gasteiger partial charge in [0.25, 0.3) is 0 Å². The van der Waals surface area contributed by atoms with Crippen LogP contribution < -0.4 is 10.6 Å². The van der Waals surface area contributed by atoms with Crippen LogP contribution in [0, 0.1) is 5.92 Å². The SMILES string of the molecule is CCc1nn(C)c2c1NCC1COCC1N2. The summed E-state index contributed by atoms with van der Waals surface area (Å²) in [6.07, 6.45) is 0.962. The molecule has 0 amide bonds. The van der Waals surface area contributed by atoms with E-state index in [4.69, 9.17) is 4.74 Å². The van der Waals surface area contributed by atoms with Crippen LogP contribution in [0.4, 0.5) is 11.5 Å². The summed E-state index contributed by atoms with van der Waals surface area (Å²) in [6.45, 7) is 4.77. The second-order valence-corrected chi connectivity index (χ2v) is 4.58. The van der Waals surface area contributed by atoms with Gasteiger partial charge < -0.3 is 15.4 Å². The van der Waals surface area contributed by atoms with Gasteiger partial charge in [-0.25, -0.2) is 0 Å². The van der Waals surface area contributed by atoms with Gasteiger partial charge in [0.15, 0.2) is 0 Å². The summed E-state index contributed by atoms with van der Waals surface area (Å²) in [5, 5.41) is 11.6. The molecule has 2 unspecified atom stereocenters. The molecule has 0 bridgehead atoms. The van der Waals surface area contributed by atoms with E-state index < -0.39 is 0 Å². The van der Waals surface area contributed by atoms with Gasteiger partial charge in [-0.1, -0.05) is 6.92 Å². The van der Waals surface area contributed by atoms with Crippen LogP contribution in [-0.2, 0) is 18.2 Å². The summed E-state index contributed by atoms with van der Waals surface area (Å²) in [6, 6.07) is 0.425. The minimum absolute atomic E-state index is 0.425. The van der Waals surface area contributed by atoms with Gasteiger partial charge in [-0.15, -0.1) is 0 Å². The fraction of sp³-hybridized carbons (Fsp3) is 0.727. The molecule has 5 heteroatoms. The third kappa shape index (κ3) is 1.38. The van der Waals surface area contributed by atoms with E-state index in [1.165, 1.54) is 5.69 Å². The second-order valence-electron chi connectivity index (χ2n) is 4.58. The van der Waals surface area contributed by atoms with Gasteiger partial charge in [-0.05, 0) is 6.42 Å². The molecule has 5 nitrogen and oxygen atoms in total. The van der Waals surface area contributed by atoms with Gasteiger partial charge in [0.2, 0.25) is 0 Å². The van der Waals surface area contributed by atoms with Gasteiger partial charge in [0.05, 0.1) is 24.9 Å². The first-order chi connectivity index (χ1) is 7.79. The fourth-order valence-electron chi connectivity index (χ4n) is 2.55. The van der Waals surface area contributed by atoms with Crippen LogP contribution in [0.1, 0.15) is 12.6 Å². The molecule has 0 radical (unpaired) electrons. The first kappa shape index (κ1) is 9.96. The smallest absolute Gasteiger partial charge is 0.148 e. The van der Waals surface area contributed by atoms with Gasteiger partial charge in [-0.2, -0.15) is 5.10 Å². The minimum atomic E-state index is 0.425. The molecular weight excluding hydrogens is 204 g/mol. The Kier molecular flexibility index (Phi) is 2.28. The van der Waals surface area contributed by atoms with Gasteiger partial charge in [0, 0.05) is 19.5 Å². The molecule has 16 heavy (non-hydrogen) atoms. The van der Waals surface area contributed by atoms with E-state index in [-0.39, 0.29) is 0 Å². The first-order valence-corrected chi connectivity index (χ1v) is 5.93. The maximum atomic E-state index is 5.50. The van der Waals surface area contributed by atoms with E-state index in [1.807, 2.05) is 11.7 Å². The van der Waals surface area contributed by atoms with E-state index in [9.17, 15) is 0 Å². The van der Waals surface area contributed by atoms with E-state index in [2.05, 4.69) is 22.7 Å². The molecule has 2 aliphatic rings. The van der Waals surface area contributed by atoms with Crippen molar-refractivity contribution in [1.29, 1.82) is 0 Å². The van der Waals surface area contributed by atoms with Crippen molar-refractivity contribution in [3.63, 3.8) is 0 Å². The van der Waals surface area contributed by atoms with E-state index in [1.54, 1.807) is 0 Å². The quantitative estimate of drug-likeness (QED) is 0.739. The Bertz CT molecular complexity index is 401. The number of ether oxygens (including phenoxy) is 1. The number of hydrogen-bond donors (Lipinski definition) is 2. The van der Waals surface area contributed by atoms with Crippen LogP contribution >= 0.6 is 0 Å². The standard InChI is InChI=1S/C11H18N4O/c1-3-8-10-11(15(2)14-8)13-9-6-16-5-7(9)4-12-10/h7,9,12-13H,3-6H2,1-2H3. The van der Waals surface area contributed by atoms with Gasteiger partial charge >= 0.3 is 0 Å². The number of nitrogens with zero attached hydrogens (tertiary/aromatic N) is 2. The molecule has 2 aliphatic heterocycles. The predicted molar refractivity (Wildman–Crippen MR) is 62.8 cm³/mol. The lowest BCUT2D eigenvalue weighted by molar-refractivity contribution is 0.186. The lowest BCUT2D eigenvalue weighted by Crippen LogP contribution is -2.30. The predicted octanol–water partition coefficient (Wildman–Crippen LogP) is 0.835. The van der Waals surface area contributed by atoms with Crippen LogP contribution in [-0.4, -0.2) is 35.6 Å². The van der Waals surface area contributed by atoms with E-state index >= 15 is 0 Å². The molecule has 3 rings (SSSR count). The van der Waals surface area contributed by atoms with Crippen molar-refractivity contribution >= 4 is 11.5 Å². The fourth-order valence-corrected chi connectivity index (χ4v) is 2.55. The molecule has 0 aliphatic carbocycles. The van der Waals surface area contributed by atoms with Gasteiger partial charge in [-0.3, -0.25) is 4.68 Å². The van der Waals surface area contributed by atoms with Crippen LogP contribution in [0.15, 0.2) is 0 Å². The molecule has 0 aromatic carbocycles. The van der Waals surface area contributed by atoms with Crippen molar-refractivity contribution in [3.8, 4) is 0 Å². The Balaban J connectivity index is 1.97. The Hall–Kier alpha value is -1.23. The molecule has 1 fully saturated rings. The third-order valence-corrected chi connectivity index (χ3v) is 3.52. The molecule has 1 saturated heterocycles. The second kappa shape index (κ2) is 3.66. The average molecular weight is 222 g/mol. The highest BCUT2D eigenvalue weighted by Gasteiger charge is 2.33. The monoisotopic (exact) mass is 222 g/mol. The molecule has 3 heterocycles. The highest BCUT2D eigenvalue weighted by atomic mass is 16.5. The molecule has 1 aromatic heterocycles. The maximum absolute atomic E-state index is 5.50. The molecular formula is C11H18N4O. The van der Waals surface area contributed by atoms with E-state index in [0.29, 0.717) is 12.0 Å². The zero-order valence-corrected chi connectivity index (χ0v) is 9.79. The highest BCUT2D eigenvalue weighted by Crippen LogP contribution is 2.32. The molecule has 2 atom stereocenters. The minimum Gasteiger partial charge on any atom is -0.380 e. The number of hydrogen-bond acceptors (Lipinski definition) is 4. The summed E-state index contributed by atoms with van der Waals surface area (Å²) in [5.74, 6) is 1.67. The molecule has 2 N–H and O–H groups in total. The number of aryl methyl sites for hydroxylation is 2. The third-order valence-electron chi connectivity index (χ3n) is 3.52. The number of aromatic nitrogens is 2. The summed E-state index contributed by atoms with van der Waals surface area (Å²) in [5.41, 5.74) is 2.32. The Labute approximate surface area is 95.2 Å². The number of fused-ring (bicyclic) bond motifs is 2. The number of nitrogens with one attached hydrogen (secondary N) is 2. The van der Waals surface area contributed by atoms with Crippen LogP contribution in [0.2, 0.25) is 0 Å². The molecule has 0 saturated carbocycles. The Morgan fingerprint density at radius 1 is 1.50 bits per heavy atom. The summed E-state index contributed by atoms with van der Waals surface area (Å²) in [7, 11) is 1.99. The van der Waals surface area contributed by atoms with Crippen molar-refractivity contribution in [2.24, 2.45) is 13.0 Å². The topological polar surface area (TPSA) is 51.1 Å². The first-order valence-electron chi connectivity index (χ1n) is 5.93. The lowest BCUT2D eigenvalue weighted by atomic mass is 10.1. The zero-order chi connectivity index (χ0) is 11.1. The van der Waals surface area contributed by atoms with Crippen molar-refractivity contribution in [2.75, 3.05) is 30.4 Å². The maximum Gasteiger partial charge on any atom is 0.148 e. The average Bonchev–Trinajstić information content (AvgIpc) is 2.79. The highest BCUT2D eigenvalue weighted by molar-refractivity contribution is 5.69. The Morgan fingerprint density at radius 2 is 2.38 bits per heavy atom. The van der Waals surface area contributed by atoms with Gasteiger partial charge in [0.1, 0.15) is 11.5 Å². The lowest BCUT2D eigenvalue weighted by Gasteiger charge is -2.15. The van der Waals surface area contributed by atoms with E-state index in [0.717, 1.165) is 37.7 Å². The molecule has 0 spiro atoms. The van der Waals surface area contributed by atoms with Crippen molar-refractivity contribution in [2.45, 2.75) is 19.4 Å². The van der Waals surface area contributed by atoms with Crippen molar-refractivity contribution < 1.29 is 4.74 Å². The van der Waals surface area contributed by atoms with Crippen LogP contribution in [0.5, 0.6) is 0 Å². The number of rotatable bonds is 1. The summed E-state index contributed by atoms with van der Waals surface area (Å²) in [4.78, 5) is 0. The van der Waals surface area contributed by atoms with Crippen LogP contribution in [0.25, 0.3) is 0 Å². The largest absolute Gasteiger partial charge is 0.380 e. The normalized spacial score (nSPS) is 27.6. The summed E-state index contributed by atoms with van der Waals surface area (Å²) < 4.78 is 7.44. The summed E-state index contributed by atoms with van der Waals surface area (Å²) >= 11 is 0. The molecule has 88 valence electrons. The molecule has 1 aromatic rings. The Morgan fingerprint density at radius 3 is 3.19 bits per heavy atom. The zero-order valence-electron chi connectivity index (χ0n) is 9.79. The van der Waals surface area contributed by atoms with Crippen molar-refractivity contribution in [1.82, 2.24) is 9.78 Å². The van der Waals surface area contributed by atoms with Crippen LogP contribution in [0.3, 0.4) is 0 Å².